The third-order valence-corrected chi connectivity index (χ3v) is 7.48. The standard InChI is InChI=1S/C20H29N3O/c1-12(20-9-13-5-14(10-20)7-15(6-13)11-20)21-19(24)18-8-17(16-3-4-16)22-23(18)2/h8,12-16H,3-7,9-11H2,1-2H3,(H,21,24). The number of nitrogens with one attached hydrogen (secondary N) is 1. The molecule has 4 nitrogen and oxygen atoms in total. The summed E-state index contributed by atoms with van der Waals surface area (Å²) in [6, 6.07) is 2.29. The normalized spacial score (nSPS) is 38.3. The average Bonchev–Trinajstić information content (AvgIpc) is 3.28. The first-order chi connectivity index (χ1) is 11.5. The fraction of sp³-hybridized carbons (Fsp3) is 0.800. The quantitative estimate of drug-likeness (QED) is 0.918. The van der Waals surface area contributed by atoms with Crippen molar-refractivity contribution in [2.24, 2.45) is 30.2 Å². The molecule has 24 heavy (non-hydrogen) atoms. The Kier molecular flexibility index (Phi) is 3.18. The summed E-state index contributed by atoms with van der Waals surface area (Å²) >= 11 is 0. The Bertz CT molecular complexity index is 637. The highest BCUT2D eigenvalue weighted by atomic mass is 16.2. The maximum Gasteiger partial charge on any atom is 0.269 e. The van der Waals surface area contributed by atoms with Crippen molar-refractivity contribution in [3.8, 4) is 0 Å². The predicted octanol–water partition coefficient (Wildman–Crippen LogP) is 3.63. The molecule has 5 saturated carbocycles. The molecule has 5 fully saturated rings. The molecule has 1 atom stereocenters. The molecule has 1 heterocycles. The second kappa shape index (κ2) is 5.09. The van der Waals surface area contributed by atoms with Gasteiger partial charge in [-0.2, -0.15) is 5.10 Å². The molecule has 4 bridgehead atoms. The number of carbonyl (C=O) groups is 1. The van der Waals surface area contributed by atoms with Gasteiger partial charge in [-0.1, -0.05) is 0 Å². The van der Waals surface area contributed by atoms with Crippen LogP contribution in [0.5, 0.6) is 0 Å². The van der Waals surface area contributed by atoms with Crippen LogP contribution in [0.15, 0.2) is 6.07 Å². The van der Waals surface area contributed by atoms with E-state index in [-0.39, 0.29) is 11.9 Å². The fourth-order valence-corrected chi connectivity index (χ4v) is 6.41. The Balaban J connectivity index is 1.33. The Morgan fingerprint density at radius 1 is 1.21 bits per heavy atom. The zero-order valence-electron chi connectivity index (χ0n) is 14.9. The van der Waals surface area contributed by atoms with Crippen LogP contribution in [0, 0.1) is 23.2 Å². The second-order valence-electron chi connectivity index (χ2n) is 9.33. The number of nitrogens with zero attached hydrogens (tertiary/aromatic N) is 2. The Morgan fingerprint density at radius 2 is 1.79 bits per heavy atom. The number of rotatable bonds is 4. The molecule has 5 aliphatic carbocycles. The monoisotopic (exact) mass is 327 g/mol. The minimum atomic E-state index is 0.0696. The molecule has 1 aromatic rings. The highest BCUT2D eigenvalue weighted by Gasteiger charge is 2.53. The lowest BCUT2D eigenvalue weighted by atomic mass is 9.48. The summed E-state index contributed by atoms with van der Waals surface area (Å²) in [6.45, 7) is 2.25. The van der Waals surface area contributed by atoms with Gasteiger partial charge in [-0.15, -0.1) is 0 Å². The molecule has 5 aliphatic rings. The maximum absolute atomic E-state index is 12.9. The van der Waals surface area contributed by atoms with Gasteiger partial charge in [0.15, 0.2) is 0 Å². The van der Waals surface area contributed by atoms with Crippen LogP contribution in [0.1, 0.15) is 80.4 Å². The summed E-state index contributed by atoms with van der Waals surface area (Å²) in [4.78, 5) is 12.9. The van der Waals surface area contributed by atoms with Gasteiger partial charge in [0.2, 0.25) is 0 Å². The minimum Gasteiger partial charge on any atom is -0.348 e. The smallest absolute Gasteiger partial charge is 0.269 e. The van der Waals surface area contributed by atoms with Gasteiger partial charge in [0.25, 0.3) is 5.91 Å². The summed E-state index contributed by atoms with van der Waals surface area (Å²) in [6.07, 6.45) is 10.8. The number of amides is 1. The Morgan fingerprint density at radius 3 is 2.33 bits per heavy atom. The van der Waals surface area contributed by atoms with Crippen LogP contribution in [0.25, 0.3) is 0 Å². The van der Waals surface area contributed by atoms with Crippen LogP contribution in [-0.2, 0) is 7.05 Å². The number of carbonyl (C=O) groups excluding carboxylic acids is 1. The van der Waals surface area contributed by atoms with Crippen LogP contribution < -0.4 is 5.32 Å². The SMILES string of the molecule is CC(NC(=O)c1cc(C2CC2)nn1C)C12CC3CC(CC(C3)C1)C2. The van der Waals surface area contributed by atoms with Crippen molar-refractivity contribution in [2.45, 2.75) is 70.3 Å². The first kappa shape index (κ1) is 15.0. The maximum atomic E-state index is 12.9. The van der Waals surface area contributed by atoms with Crippen molar-refractivity contribution in [3.05, 3.63) is 17.5 Å². The Labute approximate surface area is 144 Å². The van der Waals surface area contributed by atoms with E-state index >= 15 is 0 Å². The van der Waals surface area contributed by atoms with Gasteiger partial charge in [0.05, 0.1) is 5.69 Å². The molecule has 0 spiro atoms. The van der Waals surface area contributed by atoms with E-state index in [1.54, 1.807) is 4.68 Å². The molecular formula is C20H29N3O. The molecule has 0 aromatic carbocycles. The lowest BCUT2D eigenvalue weighted by Crippen LogP contribution is -2.55. The number of hydrogen-bond acceptors (Lipinski definition) is 2. The summed E-state index contributed by atoms with van der Waals surface area (Å²) in [5.41, 5.74) is 2.20. The second-order valence-corrected chi connectivity index (χ2v) is 9.33. The molecular weight excluding hydrogens is 298 g/mol. The van der Waals surface area contributed by atoms with E-state index in [2.05, 4.69) is 17.3 Å². The molecule has 130 valence electrons. The number of hydrogen-bond donors (Lipinski definition) is 1. The summed E-state index contributed by atoms with van der Waals surface area (Å²) in [5, 5.41) is 7.92. The largest absolute Gasteiger partial charge is 0.348 e. The van der Waals surface area contributed by atoms with Crippen molar-refractivity contribution in [2.75, 3.05) is 0 Å². The van der Waals surface area contributed by atoms with Gasteiger partial charge >= 0.3 is 0 Å². The van der Waals surface area contributed by atoms with Gasteiger partial charge < -0.3 is 5.32 Å². The van der Waals surface area contributed by atoms with E-state index < -0.39 is 0 Å². The van der Waals surface area contributed by atoms with Gasteiger partial charge in [0, 0.05) is 19.0 Å². The van der Waals surface area contributed by atoms with Crippen LogP contribution >= 0.6 is 0 Å². The van der Waals surface area contributed by atoms with Crippen LogP contribution in [0.4, 0.5) is 0 Å². The first-order valence-corrected chi connectivity index (χ1v) is 9.87. The number of aromatic nitrogens is 2. The third-order valence-electron chi connectivity index (χ3n) is 7.48. The molecule has 1 N–H and O–H groups in total. The van der Waals surface area contributed by atoms with Crippen LogP contribution in [0.2, 0.25) is 0 Å². The molecule has 1 amide bonds. The fourth-order valence-electron chi connectivity index (χ4n) is 6.41. The summed E-state index contributed by atoms with van der Waals surface area (Å²) < 4.78 is 1.77. The molecule has 4 heteroatoms. The van der Waals surface area contributed by atoms with E-state index in [0.717, 1.165) is 29.1 Å². The molecule has 1 aromatic heterocycles. The molecule has 6 rings (SSSR count). The topological polar surface area (TPSA) is 46.9 Å². The van der Waals surface area contributed by atoms with Gasteiger partial charge in [-0.3, -0.25) is 9.48 Å². The third kappa shape index (κ3) is 2.33. The average molecular weight is 327 g/mol. The van der Waals surface area contributed by atoms with Crippen molar-refractivity contribution >= 4 is 5.91 Å². The van der Waals surface area contributed by atoms with Crippen LogP contribution in [-0.4, -0.2) is 21.7 Å². The predicted molar refractivity (Wildman–Crippen MR) is 92.7 cm³/mol. The van der Waals surface area contributed by atoms with Gasteiger partial charge in [-0.25, -0.2) is 0 Å². The summed E-state index contributed by atoms with van der Waals surface area (Å²) in [7, 11) is 1.90. The molecule has 0 aliphatic heterocycles. The van der Waals surface area contributed by atoms with Gasteiger partial charge in [-0.05, 0) is 87.5 Å². The lowest BCUT2D eigenvalue weighted by Gasteiger charge is -2.59. The first-order valence-electron chi connectivity index (χ1n) is 9.87. The molecule has 0 saturated heterocycles. The Hall–Kier alpha value is -1.32. The zero-order valence-corrected chi connectivity index (χ0v) is 14.9. The van der Waals surface area contributed by atoms with Crippen LogP contribution in [0.3, 0.4) is 0 Å². The van der Waals surface area contributed by atoms with Crippen molar-refractivity contribution in [1.29, 1.82) is 0 Å². The van der Waals surface area contributed by atoms with E-state index in [9.17, 15) is 4.79 Å². The molecule has 1 unspecified atom stereocenters. The number of aryl methyl sites for hydroxylation is 1. The highest BCUT2D eigenvalue weighted by molar-refractivity contribution is 5.93. The van der Waals surface area contributed by atoms with Crippen molar-refractivity contribution < 1.29 is 4.79 Å². The van der Waals surface area contributed by atoms with E-state index in [4.69, 9.17) is 0 Å². The van der Waals surface area contributed by atoms with Crippen molar-refractivity contribution in [3.63, 3.8) is 0 Å². The van der Waals surface area contributed by atoms with Crippen molar-refractivity contribution in [1.82, 2.24) is 15.1 Å². The molecule has 0 radical (unpaired) electrons. The van der Waals surface area contributed by atoms with E-state index in [0.29, 0.717) is 11.3 Å². The van der Waals surface area contributed by atoms with Gasteiger partial charge in [0.1, 0.15) is 5.69 Å². The summed E-state index contributed by atoms with van der Waals surface area (Å²) in [5.74, 6) is 3.44. The minimum absolute atomic E-state index is 0.0696. The lowest BCUT2D eigenvalue weighted by molar-refractivity contribution is -0.0688. The van der Waals surface area contributed by atoms with E-state index in [1.165, 1.54) is 51.4 Å². The van der Waals surface area contributed by atoms with E-state index in [1.807, 2.05) is 13.1 Å². The zero-order chi connectivity index (χ0) is 16.5. The highest BCUT2D eigenvalue weighted by Crippen LogP contribution is 2.61.